The van der Waals surface area contributed by atoms with Gasteiger partial charge in [0.25, 0.3) is 0 Å². The van der Waals surface area contributed by atoms with Crippen molar-refractivity contribution in [3.05, 3.63) is 24.0 Å². The average molecular weight is 111 g/mol. The first-order valence-electron chi connectivity index (χ1n) is 2.16. The number of halogens is 1. The number of aromatic nitrogens is 2. The zero-order valence-corrected chi connectivity index (χ0v) is 4.35. The molecule has 0 saturated heterocycles. The Morgan fingerprint density at radius 2 is 2.50 bits per heavy atom. The maximum absolute atomic E-state index is 11.9. The van der Waals surface area contributed by atoms with Crippen molar-refractivity contribution in [1.82, 2.24) is 9.97 Å². The molecule has 8 heavy (non-hydrogen) atoms. The second-order valence-corrected chi connectivity index (χ2v) is 1.41. The van der Waals surface area contributed by atoms with Crippen LogP contribution < -0.4 is 0 Å². The molecule has 3 heteroatoms. The van der Waals surface area contributed by atoms with Crippen LogP contribution in [0.4, 0.5) is 4.39 Å². The van der Waals surface area contributed by atoms with Gasteiger partial charge in [-0.1, -0.05) is 0 Å². The molecule has 0 amide bonds. The van der Waals surface area contributed by atoms with Crippen molar-refractivity contribution in [2.24, 2.45) is 0 Å². The van der Waals surface area contributed by atoms with Gasteiger partial charge in [0, 0.05) is 5.69 Å². The minimum absolute atomic E-state index is 0.595. The van der Waals surface area contributed by atoms with Crippen LogP contribution in [0.1, 0.15) is 5.69 Å². The largest absolute Gasteiger partial charge is 0.309 e. The molecule has 0 unspecified atom stereocenters. The van der Waals surface area contributed by atoms with E-state index in [1.807, 2.05) is 0 Å². The van der Waals surface area contributed by atoms with Crippen molar-refractivity contribution in [2.75, 3.05) is 0 Å². The number of aryl methyl sites for hydroxylation is 1. The van der Waals surface area contributed by atoms with E-state index in [0.29, 0.717) is 5.69 Å². The summed E-state index contributed by atoms with van der Waals surface area (Å²) in [5.41, 5.74) is 0.595. The standard InChI is InChI=1S/C5H4FN2/c1-4-2-3-7-5(6)8-4/h2H,1H3. The first kappa shape index (κ1) is 5.15. The summed E-state index contributed by atoms with van der Waals surface area (Å²) in [5, 5.41) is 0. The molecule has 1 aromatic rings. The van der Waals surface area contributed by atoms with Gasteiger partial charge in [-0.05, 0) is 13.0 Å². The molecule has 0 fully saturated rings. The van der Waals surface area contributed by atoms with Gasteiger partial charge in [0.2, 0.25) is 0 Å². The van der Waals surface area contributed by atoms with E-state index in [1.54, 1.807) is 6.92 Å². The molecule has 1 radical (unpaired) electrons. The SMILES string of the molecule is Cc1c[c]nc(F)n1. The van der Waals surface area contributed by atoms with Crippen LogP contribution in [0, 0.1) is 19.2 Å². The molecule has 0 atom stereocenters. The maximum Gasteiger partial charge on any atom is 0.309 e. The third-order valence-corrected chi connectivity index (χ3v) is 0.699. The molecule has 0 bridgehead atoms. The van der Waals surface area contributed by atoms with Gasteiger partial charge in [-0.25, -0.2) is 9.97 Å². The van der Waals surface area contributed by atoms with Gasteiger partial charge in [-0.3, -0.25) is 0 Å². The van der Waals surface area contributed by atoms with Crippen LogP contribution in [0.25, 0.3) is 0 Å². The average Bonchev–Trinajstić information content (AvgIpc) is 1.64. The summed E-state index contributed by atoms with van der Waals surface area (Å²) in [6.07, 6.45) is 1.62. The fourth-order valence-corrected chi connectivity index (χ4v) is 0.382. The van der Waals surface area contributed by atoms with E-state index in [9.17, 15) is 4.39 Å². The molecule has 0 aliphatic heterocycles. The lowest BCUT2D eigenvalue weighted by molar-refractivity contribution is 0.534. The summed E-state index contributed by atoms with van der Waals surface area (Å²) in [4.78, 5) is 6.50. The summed E-state index contributed by atoms with van der Waals surface area (Å²) < 4.78 is 11.9. The van der Waals surface area contributed by atoms with Crippen LogP contribution in [0.2, 0.25) is 0 Å². The van der Waals surface area contributed by atoms with E-state index < -0.39 is 6.08 Å². The molecule has 0 saturated carbocycles. The van der Waals surface area contributed by atoms with E-state index in [1.165, 1.54) is 6.07 Å². The highest BCUT2D eigenvalue weighted by Crippen LogP contribution is 1.88. The van der Waals surface area contributed by atoms with Crippen molar-refractivity contribution >= 4 is 0 Å². The van der Waals surface area contributed by atoms with Crippen LogP contribution in [-0.2, 0) is 0 Å². The number of hydrogen-bond donors (Lipinski definition) is 0. The molecule has 1 rings (SSSR count). The Labute approximate surface area is 46.4 Å². The summed E-state index contributed by atoms with van der Waals surface area (Å²) >= 11 is 0. The Hall–Kier alpha value is -0.990. The predicted octanol–water partition coefficient (Wildman–Crippen LogP) is 0.724. The van der Waals surface area contributed by atoms with Gasteiger partial charge in [-0.2, -0.15) is 4.39 Å². The van der Waals surface area contributed by atoms with E-state index >= 15 is 0 Å². The summed E-state index contributed by atoms with van der Waals surface area (Å²) in [6, 6.07) is 1.52. The van der Waals surface area contributed by atoms with E-state index in [0.717, 1.165) is 0 Å². The fourth-order valence-electron chi connectivity index (χ4n) is 0.382. The van der Waals surface area contributed by atoms with Crippen LogP contribution in [-0.4, -0.2) is 9.97 Å². The highest BCUT2D eigenvalue weighted by atomic mass is 19.1. The van der Waals surface area contributed by atoms with E-state index in [4.69, 9.17) is 0 Å². The molecule has 1 heterocycles. The van der Waals surface area contributed by atoms with E-state index in [-0.39, 0.29) is 0 Å². The van der Waals surface area contributed by atoms with Crippen molar-refractivity contribution < 1.29 is 4.39 Å². The summed E-state index contributed by atoms with van der Waals surface area (Å²) in [6.45, 7) is 1.68. The third kappa shape index (κ3) is 0.992. The number of rotatable bonds is 0. The molecule has 0 aliphatic carbocycles. The topological polar surface area (TPSA) is 25.8 Å². The Morgan fingerprint density at radius 3 is 2.88 bits per heavy atom. The first-order chi connectivity index (χ1) is 3.79. The Bertz CT molecular complexity index is 170. The zero-order valence-electron chi connectivity index (χ0n) is 4.35. The normalized spacial score (nSPS) is 9.25. The van der Waals surface area contributed by atoms with Crippen LogP contribution in [0.3, 0.4) is 0 Å². The lowest BCUT2D eigenvalue weighted by atomic mass is 10.5. The van der Waals surface area contributed by atoms with Crippen LogP contribution >= 0.6 is 0 Å². The highest BCUT2D eigenvalue weighted by molar-refractivity contribution is 4.92. The Balaban J connectivity index is 3.08. The zero-order chi connectivity index (χ0) is 5.98. The monoisotopic (exact) mass is 111 g/mol. The van der Waals surface area contributed by atoms with Crippen molar-refractivity contribution in [3.63, 3.8) is 0 Å². The molecule has 1 aromatic heterocycles. The molecule has 0 spiro atoms. The lowest BCUT2D eigenvalue weighted by Crippen LogP contribution is -1.88. The van der Waals surface area contributed by atoms with Crippen LogP contribution in [0.5, 0.6) is 0 Å². The van der Waals surface area contributed by atoms with Crippen molar-refractivity contribution in [3.8, 4) is 0 Å². The van der Waals surface area contributed by atoms with Gasteiger partial charge >= 0.3 is 6.08 Å². The number of nitrogens with zero attached hydrogens (tertiary/aromatic N) is 2. The third-order valence-electron chi connectivity index (χ3n) is 0.699. The fraction of sp³-hybridized carbons (Fsp3) is 0.200. The maximum atomic E-state index is 11.9. The predicted molar refractivity (Wildman–Crippen MR) is 25.6 cm³/mol. The number of hydrogen-bond acceptors (Lipinski definition) is 2. The van der Waals surface area contributed by atoms with Crippen molar-refractivity contribution in [1.29, 1.82) is 0 Å². The quantitative estimate of drug-likeness (QED) is 0.461. The van der Waals surface area contributed by atoms with Gasteiger partial charge in [0.15, 0.2) is 0 Å². The van der Waals surface area contributed by atoms with Gasteiger partial charge in [-0.15, -0.1) is 0 Å². The smallest absolute Gasteiger partial charge is 0.208 e. The van der Waals surface area contributed by atoms with Gasteiger partial charge < -0.3 is 0 Å². The molecule has 41 valence electrons. The summed E-state index contributed by atoms with van der Waals surface area (Å²) in [7, 11) is 0. The summed E-state index contributed by atoms with van der Waals surface area (Å²) in [5.74, 6) is 0. The van der Waals surface area contributed by atoms with Gasteiger partial charge in [0.05, 0.1) is 6.20 Å². The molecular formula is C5H4FN2. The molecule has 0 aliphatic rings. The minimum Gasteiger partial charge on any atom is -0.208 e. The molecular weight excluding hydrogens is 107 g/mol. The van der Waals surface area contributed by atoms with E-state index in [2.05, 4.69) is 16.2 Å². The second-order valence-electron chi connectivity index (χ2n) is 1.41. The first-order valence-corrected chi connectivity index (χ1v) is 2.16. The molecule has 2 nitrogen and oxygen atoms in total. The second kappa shape index (κ2) is 1.86. The highest BCUT2D eigenvalue weighted by Gasteiger charge is 1.88. The lowest BCUT2D eigenvalue weighted by Gasteiger charge is -1.85. The van der Waals surface area contributed by atoms with Crippen LogP contribution in [0.15, 0.2) is 6.07 Å². The van der Waals surface area contributed by atoms with Gasteiger partial charge in [0.1, 0.15) is 0 Å². The Morgan fingerprint density at radius 1 is 1.75 bits per heavy atom. The van der Waals surface area contributed by atoms with Crippen molar-refractivity contribution in [2.45, 2.75) is 6.92 Å². The minimum atomic E-state index is -0.718. The molecule has 0 N–H and O–H groups in total. The Kier molecular flexibility index (Phi) is 1.20. The molecule has 0 aromatic carbocycles.